The van der Waals surface area contributed by atoms with Gasteiger partial charge in [0.1, 0.15) is 5.84 Å². The fourth-order valence-corrected chi connectivity index (χ4v) is 3.51. The molecule has 1 aliphatic heterocycles. The minimum atomic E-state index is -0.655. The SMILES string of the molecule is C/C=C1\C(Br)=C(C)N=C(c2cccc(O)c2F)N1CCc1ccccc1. The lowest BCUT2D eigenvalue weighted by atomic mass is 10.1. The first-order valence-electron chi connectivity index (χ1n) is 8.44. The Kier molecular flexibility index (Phi) is 5.57. The van der Waals surface area contributed by atoms with E-state index in [1.165, 1.54) is 11.6 Å². The van der Waals surface area contributed by atoms with Crippen molar-refractivity contribution in [2.45, 2.75) is 20.3 Å². The zero-order valence-electron chi connectivity index (χ0n) is 14.7. The van der Waals surface area contributed by atoms with Crippen molar-refractivity contribution in [2.24, 2.45) is 4.99 Å². The Morgan fingerprint density at radius 1 is 1.15 bits per heavy atom. The molecule has 3 rings (SSSR count). The maximum Gasteiger partial charge on any atom is 0.175 e. The highest BCUT2D eigenvalue weighted by Gasteiger charge is 2.27. The van der Waals surface area contributed by atoms with E-state index in [-0.39, 0.29) is 11.3 Å². The number of nitrogens with zero attached hydrogens (tertiary/aromatic N) is 2. The summed E-state index contributed by atoms with van der Waals surface area (Å²) in [5, 5.41) is 9.78. The Morgan fingerprint density at radius 3 is 2.58 bits per heavy atom. The molecule has 0 unspecified atom stereocenters. The molecular formula is C21H20BrFN2O. The van der Waals surface area contributed by atoms with E-state index in [1.54, 1.807) is 12.1 Å². The molecule has 134 valence electrons. The second-order valence-corrected chi connectivity index (χ2v) is 6.83. The molecule has 2 aromatic rings. The Labute approximate surface area is 161 Å². The second kappa shape index (κ2) is 7.87. The van der Waals surface area contributed by atoms with Crippen LogP contribution in [0.25, 0.3) is 0 Å². The molecule has 1 N–H and O–H groups in total. The smallest absolute Gasteiger partial charge is 0.175 e. The molecule has 0 saturated carbocycles. The summed E-state index contributed by atoms with van der Waals surface area (Å²) in [5.41, 5.74) is 3.19. The van der Waals surface area contributed by atoms with Crippen LogP contribution in [0.2, 0.25) is 0 Å². The maximum absolute atomic E-state index is 14.6. The number of aromatic hydroxyl groups is 1. The molecule has 1 heterocycles. The summed E-state index contributed by atoms with van der Waals surface area (Å²) < 4.78 is 15.5. The van der Waals surface area contributed by atoms with Gasteiger partial charge < -0.3 is 10.0 Å². The first-order chi connectivity index (χ1) is 12.5. The number of hydrogen-bond acceptors (Lipinski definition) is 3. The van der Waals surface area contributed by atoms with Gasteiger partial charge in [-0.3, -0.25) is 0 Å². The molecule has 0 saturated heterocycles. The van der Waals surface area contributed by atoms with Gasteiger partial charge in [-0.25, -0.2) is 9.38 Å². The van der Waals surface area contributed by atoms with Crippen LogP contribution in [-0.2, 0) is 6.42 Å². The number of benzene rings is 2. The van der Waals surface area contributed by atoms with Crippen LogP contribution in [-0.4, -0.2) is 22.4 Å². The predicted molar refractivity (Wildman–Crippen MR) is 107 cm³/mol. The van der Waals surface area contributed by atoms with Crippen molar-refractivity contribution < 1.29 is 9.50 Å². The second-order valence-electron chi connectivity index (χ2n) is 6.03. The van der Waals surface area contributed by atoms with Crippen LogP contribution in [0.5, 0.6) is 5.75 Å². The summed E-state index contributed by atoms with van der Waals surface area (Å²) in [6, 6.07) is 14.7. The Bertz CT molecular complexity index is 903. The fourth-order valence-electron chi connectivity index (χ4n) is 2.98. The lowest BCUT2D eigenvalue weighted by Crippen LogP contribution is -2.36. The molecular weight excluding hydrogens is 395 g/mol. The van der Waals surface area contributed by atoms with Gasteiger partial charge in [0.05, 0.1) is 21.4 Å². The van der Waals surface area contributed by atoms with E-state index in [2.05, 4.69) is 33.1 Å². The van der Waals surface area contributed by atoms with Crippen LogP contribution in [0.1, 0.15) is 25.0 Å². The van der Waals surface area contributed by atoms with E-state index < -0.39 is 5.82 Å². The fraction of sp³-hybridized carbons (Fsp3) is 0.190. The molecule has 5 heteroatoms. The number of rotatable bonds is 4. The van der Waals surface area contributed by atoms with Crippen LogP contribution in [0, 0.1) is 5.82 Å². The van der Waals surface area contributed by atoms with Crippen molar-refractivity contribution in [2.75, 3.05) is 6.54 Å². The average molecular weight is 415 g/mol. The van der Waals surface area contributed by atoms with Crippen molar-refractivity contribution in [1.82, 2.24) is 4.90 Å². The van der Waals surface area contributed by atoms with Crippen molar-refractivity contribution in [3.63, 3.8) is 0 Å². The van der Waals surface area contributed by atoms with Crippen LogP contribution in [0.3, 0.4) is 0 Å². The van der Waals surface area contributed by atoms with Crippen molar-refractivity contribution in [3.05, 3.63) is 87.4 Å². The topological polar surface area (TPSA) is 35.8 Å². The van der Waals surface area contributed by atoms with Crippen LogP contribution in [0.4, 0.5) is 4.39 Å². The zero-order valence-corrected chi connectivity index (χ0v) is 16.3. The summed E-state index contributed by atoms with van der Waals surface area (Å²) in [6.07, 6.45) is 2.77. The predicted octanol–water partition coefficient (Wildman–Crippen LogP) is 5.37. The molecule has 0 atom stereocenters. The summed E-state index contributed by atoms with van der Waals surface area (Å²) in [4.78, 5) is 6.60. The maximum atomic E-state index is 14.6. The van der Waals surface area contributed by atoms with E-state index in [0.717, 1.165) is 22.3 Å². The highest BCUT2D eigenvalue weighted by Crippen LogP contribution is 2.33. The van der Waals surface area contributed by atoms with E-state index in [0.29, 0.717) is 12.4 Å². The minimum absolute atomic E-state index is 0.289. The molecule has 2 aromatic carbocycles. The number of allylic oxidation sites excluding steroid dienone is 3. The van der Waals surface area contributed by atoms with E-state index >= 15 is 0 Å². The molecule has 0 radical (unpaired) electrons. The van der Waals surface area contributed by atoms with Crippen molar-refractivity contribution in [1.29, 1.82) is 0 Å². The summed E-state index contributed by atoms with van der Waals surface area (Å²) in [7, 11) is 0. The lowest BCUT2D eigenvalue weighted by molar-refractivity contribution is 0.430. The first-order valence-corrected chi connectivity index (χ1v) is 9.23. The standard InChI is InChI=1S/C21H20BrFN2O/c1-3-17-19(22)14(2)24-21(16-10-7-11-18(26)20(16)23)25(17)13-12-15-8-5-4-6-9-15/h3-11,26H,12-13H2,1-2H3/b17-3+. The van der Waals surface area contributed by atoms with Crippen LogP contribution in [0.15, 0.2) is 75.5 Å². The van der Waals surface area contributed by atoms with E-state index in [1.807, 2.05) is 43.0 Å². The number of phenols is 1. The van der Waals surface area contributed by atoms with E-state index in [4.69, 9.17) is 0 Å². The third-order valence-electron chi connectivity index (χ3n) is 4.32. The van der Waals surface area contributed by atoms with Gasteiger partial charge in [0.2, 0.25) is 0 Å². The highest BCUT2D eigenvalue weighted by atomic mass is 79.9. The number of hydrogen-bond donors (Lipinski definition) is 1. The van der Waals surface area contributed by atoms with Gasteiger partial charge in [0.15, 0.2) is 11.6 Å². The Hall–Kier alpha value is -2.40. The van der Waals surface area contributed by atoms with Gasteiger partial charge in [-0.05, 0) is 53.9 Å². The van der Waals surface area contributed by atoms with Crippen LogP contribution >= 0.6 is 15.9 Å². The van der Waals surface area contributed by atoms with E-state index in [9.17, 15) is 9.50 Å². The van der Waals surface area contributed by atoms with Gasteiger partial charge in [-0.2, -0.15) is 0 Å². The first kappa shape index (κ1) is 18.4. The molecule has 26 heavy (non-hydrogen) atoms. The van der Waals surface area contributed by atoms with Gasteiger partial charge >= 0.3 is 0 Å². The Morgan fingerprint density at radius 2 is 1.88 bits per heavy atom. The number of aliphatic imine (C=N–C) groups is 1. The van der Waals surface area contributed by atoms with Crippen LogP contribution < -0.4 is 0 Å². The largest absolute Gasteiger partial charge is 0.505 e. The molecule has 0 fully saturated rings. The molecule has 0 amide bonds. The zero-order chi connectivity index (χ0) is 18.7. The minimum Gasteiger partial charge on any atom is -0.505 e. The molecule has 0 spiro atoms. The van der Waals surface area contributed by atoms with Gasteiger partial charge in [0, 0.05) is 6.54 Å². The average Bonchev–Trinajstić information content (AvgIpc) is 2.65. The third kappa shape index (κ3) is 3.58. The molecule has 1 aliphatic rings. The summed E-state index contributed by atoms with van der Waals surface area (Å²) in [5.74, 6) is -0.526. The lowest BCUT2D eigenvalue weighted by Gasteiger charge is -2.32. The molecule has 3 nitrogen and oxygen atoms in total. The monoisotopic (exact) mass is 414 g/mol. The molecule has 0 aromatic heterocycles. The Balaban J connectivity index is 2.02. The highest BCUT2D eigenvalue weighted by molar-refractivity contribution is 9.12. The van der Waals surface area contributed by atoms with Gasteiger partial charge in [-0.1, -0.05) is 42.5 Å². The van der Waals surface area contributed by atoms with Crippen molar-refractivity contribution in [3.8, 4) is 5.75 Å². The number of phenolic OH excluding ortho intramolecular Hbond substituents is 1. The van der Waals surface area contributed by atoms with Gasteiger partial charge in [0.25, 0.3) is 0 Å². The molecule has 0 aliphatic carbocycles. The quantitative estimate of drug-likeness (QED) is 0.729. The number of halogens is 2. The van der Waals surface area contributed by atoms with Crippen molar-refractivity contribution >= 4 is 21.8 Å². The normalized spacial score (nSPS) is 16.2. The summed E-state index contributed by atoms with van der Waals surface area (Å²) in [6.45, 7) is 4.46. The molecule has 0 bridgehead atoms. The van der Waals surface area contributed by atoms with Gasteiger partial charge in [-0.15, -0.1) is 0 Å². The number of amidine groups is 1. The third-order valence-corrected chi connectivity index (χ3v) is 5.30. The summed E-state index contributed by atoms with van der Waals surface area (Å²) >= 11 is 3.60.